The molecule has 150 valence electrons. The highest BCUT2D eigenvalue weighted by Crippen LogP contribution is 2.35. The molecule has 0 N–H and O–H groups in total. The molecule has 1 fully saturated rings. The fourth-order valence-corrected chi connectivity index (χ4v) is 3.03. The fraction of sp³-hybridized carbons (Fsp3) is 0.833. The van der Waals surface area contributed by atoms with Gasteiger partial charge in [0.25, 0.3) is 0 Å². The first kappa shape index (κ1) is 22.3. The van der Waals surface area contributed by atoms with Crippen LogP contribution in [0.1, 0.15) is 60.3 Å². The zero-order valence-corrected chi connectivity index (χ0v) is 15.8. The summed E-state index contributed by atoms with van der Waals surface area (Å²) < 4.78 is 37.9. The molecule has 1 aliphatic rings. The van der Waals surface area contributed by atoms with Gasteiger partial charge in [-0.3, -0.25) is 9.59 Å². The number of ether oxygens (including phenoxy) is 2. The van der Waals surface area contributed by atoms with E-state index in [1.165, 1.54) is 13.8 Å². The van der Waals surface area contributed by atoms with E-state index in [-0.39, 0.29) is 0 Å². The number of carbonyl (C=O) groups excluding carboxylic acids is 3. The highest BCUT2D eigenvalue weighted by molar-refractivity contribution is 5.83. The van der Waals surface area contributed by atoms with Crippen LogP contribution in [0.15, 0.2) is 0 Å². The molecule has 3 unspecified atom stereocenters. The van der Waals surface area contributed by atoms with Gasteiger partial charge in [0.1, 0.15) is 11.6 Å². The van der Waals surface area contributed by atoms with Gasteiger partial charge in [-0.2, -0.15) is 8.78 Å². The van der Waals surface area contributed by atoms with E-state index in [0.29, 0.717) is 25.7 Å². The Hall–Kier alpha value is -1.73. The van der Waals surface area contributed by atoms with E-state index in [4.69, 9.17) is 9.47 Å². The van der Waals surface area contributed by atoms with Crippen LogP contribution < -0.4 is 5.11 Å². The number of aliphatic carboxylic acids is 1. The lowest BCUT2D eigenvalue weighted by Gasteiger charge is -2.34. The van der Waals surface area contributed by atoms with E-state index < -0.39 is 53.3 Å². The minimum Gasteiger partial charge on any atom is -0.544 e. The molecule has 0 spiro atoms. The quantitative estimate of drug-likeness (QED) is 0.658. The standard InChI is InChI=1S/C18H28F2O6/c1-10(2)13(18(19,20)16(23)24)25-14(21)11-8-6-7-9-12(11)15(22)26-17(3,4)5/h10-13H,6-9H2,1-5H3,(H,23,24)/p-1. The lowest BCUT2D eigenvalue weighted by atomic mass is 9.79. The Morgan fingerprint density at radius 2 is 1.46 bits per heavy atom. The number of carboxylic acids is 1. The minimum atomic E-state index is -4.32. The Morgan fingerprint density at radius 1 is 1.00 bits per heavy atom. The van der Waals surface area contributed by atoms with Gasteiger partial charge in [-0.15, -0.1) is 0 Å². The second kappa shape index (κ2) is 8.31. The molecule has 1 rings (SSSR count). The van der Waals surface area contributed by atoms with Gasteiger partial charge in [0.2, 0.25) is 0 Å². The van der Waals surface area contributed by atoms with Crippen molar-refractivity contribution in [1.29, 1.82) is 0 Å². The lowest BCUT2D eigenvalue weighted by Crippen LogP contribution is -2.54. The predicted molar refractivity (Wildman–Crippen MR) is 86.0 cm³/mol. The number of alkyl halides is 2. The van der Waals surface area contributed by atoms with E-state index in [1.54, 1.807) is 20.8 Å². The van der Waals surface area contributed by atoms with Crippen LogP contribution in [0.25, 0.3) is 0 Å². The van der Waals surface area contributed by atoms with Gasteiger partial charge in [0, 0.05) is 0 Å². The zero-order chi connectivity index (χ0) is 20.3. The number of hydrogen-bond donors (Lipinski definition) is 0. The third-order valence-corrected chi connectivity index (χ3v) is 4.26. The monoisotopic (exact) mass is 377 g/mol. The number of carboxylic acid groups (broad SMARTS) is 1. The fourth-order valence-electron chi connectivity index (χ4n) is 3.03. The number of rotatable bonds is 6. The first-order chi connectivity index (χ1) is 11.8. The van der Waals surface area contributed by atoms with E-state index in [1.807, 2.05) is 0 Å². The molecular formula is C18H27F2O6-. The normalized spacial score (nSPS) is 22.6. The Labute approximate surface area is 152 Å². The average Bonchev–Trinajstić information content (AvgIpc) is 2.50. The largest absolute Gasteiger partial charge is 0.544 e. The molecule has 3 atom stereocenters. The zero-order valence-electron chi connectivity index (χ0n) is 15.8. The Kier molecular flexibility index (Phi) is 7.13. The van der Waals surface area contributed by atoms with Crippen molar-refractivity contribution in [1.82, 2.24) is 0 Å². The number of halogens is 2. The molecule has 0 bridgehead atoms. The Morgan fingerprint density at radius 3 is 1.85 bits per heavy atom. The molecule has 8 heteroatoms. The van der Waals surface area contributed by atoms with Crippen LogP contribution in [-0.2, 0) is 23.9 Å². The number of carbonyl (C=O) groups is 3. The van der Waals surface area contributed by atoms with Crippen LogP contribution in [0.2, 0.25) is 0 Å². The molecule has 0 amide bonds. The first-order valence-electron chi connectivity index (χ1n) is 8.80. The molecule has 0 aliphatic heterocycles. The van der Waals surface area contributed by atoms with Gasteiger partial charge in [0.05, 0.1) is 11.8 Å². The number of esters is 2. The second-order valence-electron chi connectivity index (χ2n) is 8.04. The van der Waals surface area contributed by atoms with Gasteiger partial charge in [-0.05, 0) is 39.5 Å². The molecule has 0 saturated heterocycles. The molecule has 1 saturated carbocycles. The minimum absolute atomic E-state index is 0.296. The van der Waals surface area contributed by atoms with Crippen LogP contribution in [0.5, 0.6) is 0 Å². The van der Waals surface area contributed by atoms with Gasteiger partial charge in [0.15, 0.2) is 6.10 Å². The van der Waals surface area contributed by atoms with Crippen molar-refractivity contribution >= 4 is 17.9 Å². The summed E-state index contributed by atoms with van der Waals surface area (Å²) in [7, 11) is 0. The summed E-state index contributed by atoms with van der Waals surface area (Å²) in [6.45, 7) is 7.71. The van der Waals surface area contributed by atoms with Gasteiger partial charge in [-0.25, -0.2) is 0 Å². The van der Waals surface area contributed by atoms with Crippen molar-refractivity contribution in [3.8, 4) is 0 Å². The summed E-state index contributed by atoms with van der Waals surface area (Å²) in [5.41, 5.74) is -0.745. The average molecular weight is 377 g/mol. The molecule has 0 aromatic heterocycles. The second-order valence-corrected chi connectivity index (χ2v) is 8.04. The molecule has 1 aliphatic carbocycles. The Balaban J connectivity index is 2.96. The van der Waals surface area contributed by atoms with Gasteiger partial charge >= 0.3 is 17.9 Å². The number of hydrogen-bond acceptors (Lipinski definition) is 6. The van der Waals surface area contributed by atoms with Crippen LogP contribution in [0.4, 0.5) is 8.78 Å². The Bertz CT molecular complexity index is 538. The van der Waals surface area contributed by atoms with E-state index >= 15 is 0 Å². The first-order valence-corrected chi connectivity index (χ1v) is 8.80. The van der Waals surface area contributed by atoms with Crippen molar-refractivity contribution in [2.45, 2.75) is 77.9 Å². The third-order valence-electron chi connectivity index (χ3n) is 4.26. The van der Waals surface area contributed by atoms with Crippen LogP contribution in [0.3, 0.4) is 0 Å². The predicted octanol–water partition coefficient (Wildman–Crippen LogP) is 2.09. The molecule has 6 nitrogen and oxygen atoms in total. The van der Waals surface area contributed by atoms with Crippen molar-refractivity contribution in [3.05, 3.63) is 0 Å². The maximum absolute atomic E-state index is 13.8. The van der Waals surface area contributed by atoms with Crippen molar-refractivity contribution in [2.75, 3.05) is 0 Å². The summed E-state index contributed by atoms with van der Waals surface area (Å²) in [6.07, 6.45) is -0.137. The van der Waals surface area contributed by atoms with Crippen molar-refractivity contribution < 1.29 is 37.7 Å². The molecule has 0 aromatic carbocycles. The van der Waals surface area contributed by atoms with Crippen molar-refractivity contribution in [3.63, 3.8) is 0 Å². The highest BCUT2D eigenvalue weighted by atomic mass is 19.3. The molecule has 0 aromatic rings. The SMILES string of the molecule is CC(C)C(OC(=O)C1CCCCC1C(=O)OC(C)(C)C)C(F)(F)C(=O)[O-]. The maximum atomic E-state index is 13.8. The van der Waals surface area contributed by atoms with E-state index in [2.05, 4.69) is 0 Å². The smallest absolute Gasteiger partial charge is 0.323 e. The maximum Gasteiger partial charge on any atom is 0.323 e. The van der Waals surface area contributed by atoms with Gasteiger partial charge in [-0.1, -0.05) is 26.7 Å². The highest BCUT2D eigenvalue weighted by Gasteiger charge is 2.48. The van der Waals surface area contributed by atoms with Gasteiger partial charge < -0.3 is 19.4 Å². The van der Waals surface area contributed by atoms with Crippen LogP contribution in [-0.4, -0.2) is 35.5 Å². The van der Waals surface area contributed by atoms with Crippen LogP contribution in [0, 0.1) is 17.8 Å². The summed E-state index contributed by atoms with van der Waals surface area (Å²) >= 11 is 0. The molecule has 26 heavy (non-hydrogen) atoms. The van der Waals surface area contributed by atoms with E-state index in [9.17, 15) is 28.3 Å². The molecular weight excluding hydrogens is 350 g/mol. The lowest BCUT2D eigenvalue weighted by molar-refractivity contribution is -0.337. The van der Waals surface area contributed by atoms with Crippen molar-refractivity contribution in [2.24, 2.45) is 17.8 Å². The van der Waals surface area contributed by atoms with E-state index in [0.717, 1.165) is 0 Å². The molecule has 0 heterocycles. The topological polar surface area (TPSA) is 92.7 Å². The molecule has 0 radical (unpaired) electrons. The summed E-state index contributed by atoms with van der Waals surface area (Å²) in [5.74, 6) is -11.2. The summed E-state index contributed by atoms with van der Waals surface area (Å²) in [5, 5.41) is 10.7. The van der Waals surface area contributed by atoms with Crippen LogP contribution >= 0.6 is 0 Å². The summed E-state index contributed by atoms with van der Waals surface area (Å²) in [6, 6.07) is 0. The third kappa shape index (κ3) is 5.64. The summed E-state index contributed by atoms with van der Waals surface area (Å²) in [4.78, 5) is 35.6.